The van der Waals surface area contributed by atoms with E-state index in [1.54, 1.807) is 12.3 Å². The van der Waals surface area contributed by atoms with Crippen molar-refractivity contribution in [1.82, 2.24) is 14.9 Å². The Morgan fingerprint density at radius 1 is 1.13 bits per heavy atom. The average molecular weight is 307 g/mol. The topological polar surface area (TPSA) is 46.1 Å². The van der Waals surface area contributed by atoms with Crippen molar-refractivity contribution in [2.24, 2.45) is 0 Å². The third kappa shape index (κ3) is 3.83. The van der Waals surface area contributed by atoms with Gasteiger partial charge in [0.15, 0.2) is 5.82 Å². The van der Waals surface area contributed by atoms with Crippen LogP contribution in [0, 0.1) is 6.92 Å². The molecule has 0 aliphatic carbocycles. The van der Waals surface area contributed by atoms with Gasteiger partial charge in [-0.1, -0.05) is 30.3 Å². The van der Waals surface area contributed by atoms with Crippen LogP contribution in [0.4, 0.5) is 0 Å². The predicted molar refractivity (Wildman–Crippen MR) is 91.7 cm³/mol. The van der Waals surface area contributed by atoms with Gasteiger partial charge in [-0.3, -0.25) is 4.79 Å². The number of hydrogen-bond acceptors (Lipinski definition) is 3. The van der Waals surface area contributed by atoms with Crippen molar-refractivity contribution in [1.29, 1.82) is 0 Å². The van der Waals surface area contributed by atoms with Crippen molar-refractivity contribution in [3.63, 3.8) is 0 Å². The van der Waals surface area contributed by atoms with Crippen molar-refractivity contribution in [2.45, 2.75) is 26.2 Å². The van der Waals surface area contributed by atoms with Gasteiger partial charge < -0.3 is 4.90 Å². The van der Waals surface area contributed by atoms with Gasteiger partial charge in [0.05, 0.1) is 0 Å². The number of nitrogens with zero attached hydrogens (tertiary/aromatic N) is 3. The van der Waals surface area contributed by atoms with E-state index in [4.69, 9.17) is 0 Å². The summed E-state index contributed by atoms with van der Waals surface area (Å²) in [5, 5.41) is 0. The third-order valence-corrected chi connectivity index (χ3v) is 4.12. The molecule has 1 amide bonds. The number of carbonyl (C=O) groups is 1. The highest BCUT2D eigenvalue weighted by molar-refractivity contribution is 5.91. The van der Waals surface area contributed by atoms with Crippen LogP contribution in [-0.2, 0) is 4.79 Å². The van der Waals surface area contributed by atoms with Gasteiger partial charge in [-0.25, -0.2) is 9.97 Å². The maximum atomic E-state index is 12.2. The van der Waals surface area contributed by atoms with Gasteiger partial charge in [0, 0.05) is 42.2 Å². The van der Waals surface area contributed by atoms with E-state index < -0.39 is 0 Å². The molecule has 118 valence electrons. The van der Waals surface area contributed by atoms with E-state index in [0.29, 0.717) is 5.82 Å². The normalized spacial score (nSPS) is 15.1. The summed E-state index contributed by atoms with van der Waals surface area (Å²) in [7, 11) is 0. The largest absolute Gasteiger partial charge is 0.339 e. The molecular weight excluding hydrogens is 286 g/mol. The predicted octanol–water partition coefficient (Wildman–Crippen LogP) is 3.48. The van der Waals surface area contributed by atoms with Crippen LogP contribution in [0.2, 0.25) is 0 Å². The Labute approximate surface area is 136 Å². The fourth-order valence-corrected chi connectivity index (χ4v) is 2.75. The Morgan fingerprint density at radius 3 is 2.57 bits per heavy atom. The second-order valence-corrected chi connectivity index (χ2v) is 5.82. The first kappa shape index (κ1) is 15.4. The minimum absolute atomic E-state index is 0.0798. The summed E-state index contributed by atoms with van der Waals surface area (Å²) < 4.78 is 0. The highest BCUT2D eigenvalue weighted by atomic mass is 16.2. The number of benzene rings is 1. The molecule has 1 saturated heterocycles. The summed E-state index contributed by atoms with van der Waals surface area (Å²) in [6.07, 6.45) is 8.67. The summed E-state index contributed by atoms with van der Waals surface area (Å²) in [5.74, 6) is 0.791. The molecule has 23 heavy (non-hydrogen) atoms. The number of carbonyl (C=O) groups excluding carboxylic acids is 1. The molecule has 0 bridgehead atoms. The number of likely N-dealkylation sites (tertiary alicyclic amines) is 1. The Balaban J connectivity index is 1.73. The summed E-state index contributed by atoms with van der Waals surface area (Å²) in [5.41, 5.74) is 2.76. The van der Waals surface area contributed by atoms with Crippen LogP contribution in [0.3, 0.4) is 0 Å². The molecule has 2 aromatic rings. The summed E-state index contributed by atoms with van der Waals surface area (Å²) in [4.78, 5) is 23.0. The van der Waals surface area contributed by atoms with Crippen molar-refractivity contribution in [2.75, 3.05) is 13.1 Å². The van der Waals surface area contributed by atoms with Gasteiger partial charge in [-0.05, 0) is 32.3 Å². The fraction of sp³-hybridized carbons (Fsp3) is 0.316. The van der Waals surface area contributed by atoms with Gasteiger partial charge in [0.1, 0.15) is 0 Å². The van der Waals surface area contributed by atoms with Crippen LogP contribution < -0.4 is 0 Å². The standard InChI is InChI=1S/C19H21N3O/c1-15-17(10-11-18(23)22-12-6-3-7-13-22)14-20-19(21-15)16-8-4-2-5-9-16/h2,4-5,8-11,14H,3,6-7,12-13H2,1H3. The number of piperidine rings is 1. The molecule has 0 spiro atoms. The summed E-state index contributed by atoms with van der Waals surface area (Å²) in [6, 6.07) is 9.90. The van der Waals surface area contributed by atoms with Gasteiger partial charge in [0.2, 0.25) is 5.91 Å². The molecule has 0 N–H and O–H groups in total. The fourth-order valence-electron chi connectivity index (χ4n) is 2.75. The zero-order chi connectivity index (χ0) is 16.1. The quantitative estimate of drug-likeness (QED) is 0.816. The minimum atomic E-state index is 0.0798. The number of aryl methyl sites for hydroxylation is 1. The summed E-state index contributed by atoms with van der Waals surface area (Å²) in [6.45, 7) is 3.68. The van der Waals surface area contributed by atoms with E-state index in [1.807, 2.05) is 48.2 Å². The molecule has 1 aromatic heterocycles. The van der Waals surface area contributed by atoms with E-state index in [9.17, 15) is 4.79 Å². The molecule has 4 nitrogen and oxygen atoms in total. The van der Waals surface area contributed by atoms with E-state index in [2.05, 4.69) is 9.97 Å². The Bertz CT molecular complexity index is 704. The van der Waals surface area contributed by atoms with Gasteiger partial charge in [0.25, 0.3) is 0 Å². The van der Waals surface area contributed by atoms with E-state index in [-0.39, 0.29) is 5.91 Å². The molecule has 2 heterocycles. The minimum Gasteiger partial charge on any atom is -0.339 e. The van der Waals surface area contributed by atoms with E-state index in [0.717, 1.165) is 42.8 Å². The lowest BCUT2D eigenvalue weighted by Crippen LogP contribution is -2.34. The molecule has 0 radical (unpaired) electrons. The smallest absolute Gasteiger partial charge is 0.246 e. The lowest BCUT2D eigenvalue weighted by molar-refractivity contribution is -0.126. The lowest BCUT2D eigenvalue weighted by Gasteiger charge is -2.25. The van der Waals surface area contributed by atoms with Crippen molar-refractivity contribution in [3.05, 3.63) is 53.9 Å². The number of amides is 1. The van der Waals surface area contributed by atoms with Crippen molar-refractivity contribution >= 4 is 12.0 Å². The molecule has 1 fully saturated rings. The first-order valence-corrected chi connectivity index (χ1v) is 8.10. The van der Waals surface area contributed by atoms with Gasteiger partial charge >= 0.3 is 0 Å². The number of rotatable bonds is 3. The highest BCUT2D eigenvalue weighted by Crippen LogP contribution is 2.16. The van der Waals surface area contributed by atoms with Crippen LogP contribution >= 0.6 is 0 Å². The van der Waals surface area contributed by atoms with Crippen molar-refractivity contribution < 1.29 is 4.79 Å². The van der Waals surface area contributed by atoms with Gasteiger partial charge in [-0.2, -0.15) is 0 Å². The zero-order valence-electron chi connectivity index (χ0n) is 13.4. The van der Waals surface area contributed by atoms with Crippen LogP contribution in [0.15, 0.2) is 42.6 Å². The monoisotopic (exact) mass is 307 g/mol. The Hall–Kier alpha value is -2.49. The van der Waals surface area contributed by atoms with Crippen LogP contribution in [-0.4, -0.2) is 33.9 Å². The molecule has 0 unspecified atom stereocenters. The number of aromatic nitrogens is 2. The molecule has 4 heteroatoms. The molecule has 1 aliphatic heterocycles. The molecule has 0 saturated carbocycles. The first-order valence-electron chi connectivity index (χ1n) is 8.10. The maximum absolute atomic E-state index is 12.2. The van der Waals surface area contributed by atoms with Gasteiger partial charge in [-0.15, -0.1) is 0 Å². The molecule has 1 aromatic carbocycles. The second kappa shape index (κ2) is 7.18. The zero-order valence-corrected chi connectivity index (χ0v) is 13.4. The van der Waals surface area contributed by atoms with E-state index in [1.165, 1.54) is 6.42 Å². The second-order valence-electron chi connectivity index (χ2n) is 5.82. The summed E-state index contributed by atoms with van der Waals surface area (Å²) >= 11 is 0. The average Bonchev–Trinajstić information content (AvgIpc) is 2.62. The van der Waals surface area contributed by atoms with Crippen LogP contribution in [0.1, 0.15) is 30.5 Å². The molecule has 3 rings (SSSR count). The first-order chi connectivity index (χ1) is 11.2. The van der Waals surface area contributed by atoms with Crippen LogP contribution in [0.25, 0.3) is 17.5 Å². The number of hydrogen-bond donors (Lipinski definition) is 0. The maximum Gasteiger partial charge on any atom is 0.246 e. The molecule has 1 aliphatic rings. The Morgan fingerprint density at radius 2 is 1.87 bits per heavy atom. The SMILES string of the molecule is Cc1nc(-c2ccccc2)ncc1C=CC(=O)N1CCCCC1. The third-order valence-electron chi connectivity index (χ3n) is 4.12. The van der Waals surface area contributed by atoms with Crippen molar-refractivity contribution in [3.8, 4) is 11.4 Å². The van der Waals surface area contributed by atoms with Crippen LogP contribution in [0.5, 0.6) is 0 Å². The Kier molecular flexibility index (Phi) is 4.81. The lowest BCUT2D eigenvalue weighted by atomic mass is 10.1. The highest BCUT2D eigenvalue weighted by Gasteiger charge is 2.13. The van der Waals surface area contributed by atoms with E-state index >= 15 is 0 Å². The molecular formula is C19H21N3O. The molecule has 0 atom stereocenters.